The molecular weight excluding hydrogens is 362 g/mol. The number of pyridine rings is 1. The second kappa shape index (κ2) is 18.3. The van der Waals surface area contributed by atoms with Crippen molar-refractivity contribution in [2.24, 2.45) is 0 Å². The fourth-order valence-electron chi connectivity index (χ4n) is 3.42. The van der Waals surface area contributed by atoms with Gasteiger partial charge >= 0.3 is 5.97 Å². The number of hydrogen-bond donors (Lipinski definition) is 0. The Bertz CT molecular complexity index is 530. The number of carbonyl (C=O) groups excluding carboxylic acids is 2. The molecule has 0 aromatic carbocycles. The lowest BCUT2D eigenvalue weighted by molar-refractivity contribution is -0.145. The number of carbonyl (C=O) groups is 2. The van der Waals surface area contributed by atoms with E-state index in [1.807, 2.05) is 12.1 Å². The first kappa shape index (κ1) is 25.3. The van der Waals surface area contributed by atoms with E-state index in [-0.39, 0.29) is 5.97 Å². The highest BCUT2D eigenvalue weighted by atomic mass is 16.5. The van der Waals surface area contributed by atoms with Gasteiger partial charge in [0.2, 0.25) is 0 Å². The van der Waals surface area contributed by atoms with Crippen LogP contribution in [0.4, 0.5) is 0 Å². The number of ketones is 1. The number of unbranched alkanes of at least 4 members (excludes halogenated alkanes) is 11. The Morgan fingerprint density at radius 3 is 1.90 bits per heavy atom. The molecule has 0 saturated carbocycles. The maximum absolute atomic E-state index is 11.9. The zero-order chi connectivity index (χ0) is 21.0. The Morgan fingerprint density at radius 1 is 0.793 bits per heavy atom. The van der Waals surface area contributed by atoms with Gasteiger partial charge in [0.1, 0.15) is 12.4 Å². The van der Waals surface area contributed by atoms with Gasteiger partial charge in [0.05, 0.1) is 0 Å². The SMILES string of the molecule is CCCCCCCCC(=O)CCCCCCCCCC(=O)OCc1cccnc1. The fourth-order valence-corrected chi connectivity index (χ4v) is 3.42. The third-order valence-electron chi connectivity index (χ3n) is 5.27. The molecule has 0 spiro atoms. The zero-order valence-corrected chi connectivity index (χ0v) is 18.5. The lowest BCUT2D eigenvalue weighted by Gasteiger charge is -2.05. The Morgan fingerprint density at radius 2 is 1.34 bits per heavy atom. The van der Waals surface area contributed by atoms with Gasteiger partial charge in [-0.25, -0.2) is 0 Å². The summed E-state index contributed by atoms with van der Waals surface area (Å²) < 4.78 is 5.25. The van der Waals surface area contributed by atoms with E-state index in [4.69, 9.17) is 4.74 Å². The van der Waals surface area contributed by atoms with Gasteiger partial charge in [-0.1, -0.05) is 77.2 Å². The molecule has 0 bridgehead atoms. The van der Waals surface area contributed by atoms with Gasteiger partial charge in [-0.3, -0.25) is 14.6 Å². The molecule has 0 aliphatic heterocycles. The Hall–Kier alpha value is -1.71. The molecule has 1 rings (SSSR count). The first-order chi connectivity index (χ1) is 14.2. The Kier molecular flexibility index (Phi) is 16.0. The monoisotopic (exact) mass is 403 g/mol. The summed E-state index contributed by atoms with van der Waals surface area (Å²) in [6.45, 7) is 2.54. The van der Waals surface area contributed by atoms with Crippen LogP contribution in [0.1, 0.15) is 115 Å². The summed E-state index contributed by atoms with van der Waals surface area (Å²) >= 11 is 0. The van der Waals surface area contributed by atoms with Crippen molar-refractivity contribution in [1.29, 1.82) is 0 Å². The minimum Gasteiger partial charge on any atom is -0.461 e. The highest BCUT2D eigenvalue weighted by Crippen LogP contribution is 2.13. The maximum Gasteiger partial charge on any atom is 0.306 e. The van der Waals surface area contributed by atoms with Crippen LogP contribution in [0.3, 0.4) is 0 Å². The van der Waals surface area contributed by atoms with Crippen LogP contribution in [0.15, 0.2) is 24.5 Å². The number of aromatic nitrogens is 1. The summed E-state index contributed by atoms with van der Waals surface area (Å²) in [7, 11) is 0. The standard InChI is InChI=1S/C25H41NO3/c1-2-3-4-5-9-12-17-24(27)18-13-10-7-6-8-11-14-19-25(28)29-22-23-16-15-20-26-21-23/h15-16,20-21H,2-14,17-19,22H2,1H3. The Labute approximate surface area is 177 Å². The van der Waals surface area contributed by atoms with Crippen LogP contribution in [-0.4, -0.2) is 16.7 Å². The summed E-state index contributed by atoms with van der Waals surface area (Å²) in [5.41, 5.74) is 0.923. The van der Waals surface area contributed by atoms with Gasteiger partial charge in [0.15, 0.2) is 0 Å². The van der Waals surface area contributed by atoms with Crippen LogP contribution in [0, 0.1) is 0 Å². The quantitative estimate of drug-likeness (QED) is 0.185. The average Bonchev–Trinajstić information content (AvgIpc) is 2.74. The highest BCUT2D eigenvalue weighted by molar-refractivity contribution is 5.78. The largest absolute Gasteiger partial charge is 0.461 e. The van der Waals surface area contributed by atoms with E-state index in [0.717, 1.165) is 56.9 Å². The third-order valence-corrected chi connectivity index (χ3v) is 5.27. The Balaban J connectivity index is 1.82. The van der Waals surface area contributed by atoms with Gasteiger partial charge in [0, 0.05) is 37.2 Å². The number of esters is 1. The summed E-state index contributed by atoms with van der Waals surface area (Å²) in [4.78, 5) is 27.6. The van der Waals surface area contributed by atoms with Crippen LogP contribution in [-0.2, 0) is 20.9 Å². The summed E-state index contributed by atoms with van der Waals surface area (Å²) in [5, 5.41) is 0. The van der Waals surface area contributed by atoms with Gasteiger partial charge in [-0.15, -0.1) is 0 Å². The maximum atomic E-state index is 11.9. The predicted molar refractivity (Wildman–Crippen MR) is 119 cm³/mol. The predicted octanol–water partition coefficient (Wildman–Crippen LogP) is 6.96. The molecule has 0 N–H and O–H groups in total. The van der Waals surface area contributed by atoms with Gasteiger partial charge in [0.25, 0.3) is 0 Å². The van der Waals surface area contributed by atoms with E-state index < -0.39 is 0 Å². The van der Waals surface area contributed by atoms with Crippen molar-refractivity contribution in [3.05, 3.63) is 30.1 Å². The minimum absolute atomic E-state index is 0.127. The van der Waals surface area contributed by atoms with Crippen molar-refractivity contribution in [3.8, 4) is 0 Å². The highest BCUT2D eigenvalue weighted by Gasteiger charge is 2.04. The van der Waals surface area contributed by atoms with E-state index >= 15 is 0 Å². The molecule has 164 valence electrons. The molecule has 1 aromatic rings. The van der Waals surface area contributed by atoms with Crippen molar-refractivity contribution < 1.29 is 14.3 Å². The summed E-state index contributed by atoms with van der Waals surface area (Å²) in [5.74, 6) is 0.322. The normalized spacial score (nSPS) is 10.8. The average molecular weight is 404 g/mol. The third kappa shape index (κ3) is 15.8. The number of ether oxygens (including phenoxy) is 1. The molecule has 29 heavy (non-hydrogen) atoms. The van der Waals surface area contributed by atoms with Gasteiger partial charge < -0.3 is 4.74 Å². The molecule has 1 aromatic heterocycles. The molecule has 4 nitrogen and oxygen atoms in total. The molecule has 0 unspecified atom stereocenters. The minimum atomic E-state index is -0.127. The van der Waals surface area contributed by atoms with Crippen molar-refractivity contribution in [2.45, 2.75) is 116 Å². The second-order valence-corrected chi connectivity index (χ2v) is 8.05. The number of rotatable bonds is 19. The molecule has 1 heterocycles. The smallest absolute Gasteiger partial charge is 0.306 e. The number of nitrogens with zero attached hydrogens (tertiary/aromatic N) is 1. The lowest BCUT2D eigenvalue weighted by Crippen LogP contribution is -2.04. The van der Waals surface area contributed by atoms with E-state index in [9.17, 15) is 9.59 Å². The van der Waals surface area contributed by atoms with Crippen molar-refractivity contribution in [1.82, 2.24) is 4.98 Å². The van der Waals surface area contributed by atoms with Crippen LogP contribution in [0.2, 0.25) is 0 Å². The van der Waals surface area contributed by atoms with Crippen LogP contribution in [0.25, 0.3) is 0 Å². The molecule has 0 saturated heterocycles. The molecule has 0 aliphatic carbocycles. The molecule has 0 aliphatic rings. The van der Waals surface area contributed by atoms with E-state index in [1.54, 1.807) is 12.4 Å². The van der Waals surface area contributed by atoms with Crippen LogP contribution in [0.5, 0.6) is 0 Å². The molecule has 0 fully saturated rings. The molecular formula is C25H41NO3. The van der Waals surface area contributed by atoms with Crippen molar-refractivity contribution >= 4 is 11.8 Å². The van der Waals surface area contributed by atoms with Crippen LogP contribution < -0.4 is 0 Å². The van der Waals surface area contributed by atoms with Gasteiger partial charge in [-0.05, 0) is 25.3 Å². The molecule has 4 heteroatoms. The molecule has 0 atom stereocenters. The van der Waals surface area contributed by atoms with Gasteiger partial charge in [-0.2, -0.15) is 0 Å². The number of hydrogen-bond acceptors (Lipinski definition) is 4. The molecule has 0 amide bonds. The van der Waals surface area contributed by atoms with E-state index in [0.29, 0.717) is 18.8 Å². The lowest BCUT2D eigenvalue weighted by atomic mass is 10.0. The second-order valence-electron chi connectivity index (χ2n) is 8.05. The van der Waals surface area contributed by atoms with E-state index in [2.05, 4.69) is 11.9 Å². The van der Waals surface area contributed by atoms with Crippen molar-refractivity contribution in [3.63, 3.8) is 0 Å². The number of Topliss-reactive ketones (excluding diaryl/α,β-unsaturated/α-hetero) is 1. The van der Waals surface area contributed by atoms with E-state index in [1.165, 1.54) is 44.9 Å². The first-order valence-electron chi connectivity index (χ1n) is 11.8. The molecule has 0 radical (unpaired) electrons. The first-order valence-corrected chi connectivity index (χ1v) is 11.8. The zero-order valence-electron chi connectivity index (χ0n) is 18.5. The summed E-state index contributed by atoms with van der Waals surface area (Å²) in [6.07, 6.45) is 20.6. The van der Waals surface area contributed by atoms with Crippen LogP contribution >= 0.6 is 0 Å². The fraction of sp³-hybridized carbons (Fsp3) is 0.720. The topological polar surface area (TPSA) is 56.3 Å². The van der Waals surface area contributed by atoms with Crippen molar-refractivity contribution in [2.75, 3.05) is 0 Å². The summed E-state index contributed by atoms with van der Waals surface area (Å²) in [6, 6.07) is 3.75.